The molecule has 0 aromatic heterocycles. The maximum atomic E-state index is 9.41. The van der Waals surface area contributed by atoms with E-state index < -0.39 is 0 Å². The van der Waals surface area contributed by atoms with Gasteiger partial charge in [-0.3, -0.25) is 0 Å². The lowest BCUT2D eigenvalue weighted by molar-refractivity contribution is 0.464. The lowest BCUT2D eigenvalue weighted by Gasteiger charge is -2.19. The van der Waals surface area contributed by atoms with Gasteiger partial charge in [-0.15, -0.1) is 0 Å². The minimum absolute atomic E-state index is 0.233. The average Bonchev–Trinajstić information content (AvgIpc) is 2.78. The van der Waals surface area contributed by atoms with Crippen LogP contribution >= 0.6 is 0 Å². The van der Waals surface area contributed by atoms with Crippen molar-refractivity contribution >= 4 is 0 Å². The number of rotatable bonds is 7. The normalized spacial score (nSPS) is 11.7. The second-order valence-electron chi connectivity index (χ2n) is 7.15. The zero-order valence-electron chi connectivity index (χ0n) is 16.2. The molecule has 4 aromatic rings. The van der Waals surface area contributed by atoms with Crippen molar-refractivity contribution in [1.29, 1.82) is 0 Å². The Balaban J connectivity index is 1.53. The lowest BCUT2D eigenvalue weighted by Crippen LogP contribution is -2.03. The van der Waals surface area contributed by atoms with Gasteiger partial charge in [0.15, 0.2) is 0 Å². The van der Waals surface area contributed by atoms with Crippen LogP contribution in [0, 0.1) is 0 Å². The number of aromatic hydroxyl groups is 1. The molecular weight excluding hydrogens is 356 g/mol. The van der Waals surface area contributed by atoms with Crippen LogP contribution in [0.25, 0.3) is 0 Å². The van der Waals surface area contributed by atoms with Gasteiger partial charge in [-0.25, -0.2) is 0 Å². The second kappa shape index (κ2) is 9.11. The van der Waals surface area contributed by atoms with Gasteiger partial charge in [-0.1, -0.05) is 72.8 Å². The van der Waals surface area contributed by atoms with E-state index in [1.165, 1.54) is 16.7 Å². The van der Waals surface area contributed by atoms with Crippen LogP contribution in [-0.2, 0) is 6.42 Å². The molecule has 0 spiro atoms. The Kier molecular flexibility index (Phi) is 5.92. The molecule has 0 bridgehead atoms. The smallest absolute Gasteiger partial charge is 0.127 e. The molecule has 2 nitrogen and oxygen atoms in total. The van der Waals surface area contributed by atoms with Crippen molar-refractivity contribution in [2.75, 3.05) is 0 Å². The van der Waals surface area contributed by atoms with Gasteiger partial charge in [0, 0.05) is 5.92 Å². The van der Waals surface area contributed by atoms with E-state index in [0.29, 0.717) is 11.7 Å². The van der Waals surface area contributed by atoms with Crippen molar-refractivity contribution in [3.63, 3.8) is 0 Å². The van der Waals surface area contributed by atoms with Crippen molar-refractivity contribution in [2.45, 2.75) is 18.8 Å². The van der Waals surface area contributed by atoms with Gasteiger partial charge >= 0.3 is 0 Å². The SMILES string of the molecule is Oc1ccc(Oc2ccc(C(CCc3ccccc3)c3ccccc3)cc2)cc1. The first kappa shape index (κ1) is 18.8. The molecule has 0 aliphatic rings. The van der Waals surface area contributed by atoms with E-state index in [2.05, 4.69) is 72.8 Å². The molecule has 0 aliphatic heterocycles. The molecule has 0 saturated carbocycles. The highest BCUT2D eigenvalue weighted by Crippen LogP contribution is 2.31. The molecule has 0 amide bonds. The number of aryl methyl sites for hydroxylation is 1. The molecule has 0 aliphatic carbocycles. The highest BCUT2D eigenvalue weighted by atomic mass is 16.5. The van der Waals surface area contributed by atoms with Crippen LogP contribution in [0.3, 0.4) is 0 Å². The minimum atomic E-state index is 0.233. The average molecular weight is 380 g/mol. The fraction of sp³-hybridized carbons (Fsp3) is 0.111. The summed E-state index contributed by atoms with van der Waals surface area (Å²) in [6, 6.07) is 36.4. The van der Waals surface area contributed by atoms with Gasteiger partial charge in [0.2, 0.25) is 0 Å². The van der Waals surface area contributed by atoms with E-state index in [9.17, 15) is 5.11 Å². The molecule has 1 atom stereocenters. The summed E-state index contributed by atoms with van der Waals surface area (Å²) in [4.78, 5) is 0. The largest absolute Gasteiger partial charge is 0.508 e. The topological polar surface area (TPSA) is 29.5 Å². The number of benzene rings is 4. The summed E-state index contributed by atoms with van der Waals surface area (Å²) in [5.41, 5.74) is 3.97. The highest BCUT2D eigenvalue weighted by molar-refractivity contribution is 5.39. The third-order valence-electron chi connectivity index (χ3n) is 5.12. The summed E-state index contributed by atoms with van der Waals surface area (Å²) in [5, 5.41) is 9.41. The first-order valence-corrected chi connectivity index (χ1v) is 9.94. The molecular formula is C27H24O2. The molecule has 0 heterocycles. The standard InChI is InChI=1S/C27H24O2/c28-24-14-18-26(19-15-24)29-25-16-12-23(13-17-25)27(22-9-5-2-6-10-22)20-11-21-7-3-1-4-8-21/h1-10,12-19,27-28H,11,20H2. The maximum absolute atomic E-state index is 9.41. The molecule has 1 N–H and O–H groups in total. The molecule has 29 heavy (non-hydrogen) atoms. The fourth-order valence-corrected chi connectivity index (χ4v) is 3.59. The minimum Gasteiger partial charge on any atom is -0.508 e. The Morgan fingerprint density at radius 3 is 1.72 bits per heavy atom. The molecule has 4 aromatic carbocycles. The Bertz CT molecular complexity index is 1010. The van der Waals surface area contributed by atoms with Gasteiger partial charge in [-0.2, -0.15) is 0 Å². The summed E-state index contributed by atoms with van der Waals surface area (Å²) >= 11 is 0. The first-order chi connectivity index (χ1) is 14.3. The molecule has 0 saturated heterocycles. The zero-order chi connectivity index (χ0) is 19.9. The van der Waals surface area contributed by atoms with Gasteiger partial charge in [0.1, 0.15) is 17.2 Å². The van der Waals surface area contributed by atoms with Crippen LogP contribution in [0.1, 0.15) is 29.0 Å². The fourth-order valence-electron chi connectivity index (χ4n) is 3.59. The van der Waals surface area contributed by atoms with Gasteiger partial charge in [0.05, 0.1) is 0 Å². The number of phenolic OH excluding ortho intramolecular Hbond substituents is 1. The third kappa shape index (κ3) is 5.05. The summed E-state index contributed by atoms with van der Waals surface area (Å²) in [5.74, 6) is 2.06. The maximum Gasteiger partial charge on any atom is 0.127 e. The van der Waals surface area contributed by atoms with Crippen LogP contribution in [0.2, 0.25) is 0 Å². The Hall–Kier alpha value is -3.52. The Morgan fingerprint density at radius 2 is 1.10 bits per heavy atom. The number of phenols is 1. The molecule has 0 fully saturated rings. The van der Waals surface area contributed by atoms with Crippen LogP contribution in [-0.4, -0.2) is 5.11 Å². The Morgan fingerprint density at radius 1 is 0.586 bits per heavy atom. The number of hydrogen-bond donors (Lipinski definition) is 1. The highest BCUT2D eigenvalue weighted by Gasteiger charge is 2.14. The van der Waals surface area contributed by atoms with E-state index in [-0.39, 0.29) is 5.75 Å². The molecule has 4 rings (SSSR count). The van der Waals surface area contributed by atoms with Crippen LogP contribution in [0.4, 0.5) is 0 Å². The van der Waals surface area contributed by atoms with Crippen molar-refractivity contribution < 1.29 is 9.84 Å². The number of hydrogen-bond acceptors (Lipinski definition) is 2. The third-order valence-corrected chi connectivity index (χ3v) is 5.12. The van der Waals surface area contributed by atoms with Crippen molar-refractivity contribution in [2.24, 2.45) is 0 Å². The zero-order valence-corrected chi connectivity index (χ0v) is 16.2. The van der Waals surface area contributed by atoms with Crippen LogP contribution < -0.4 is 4.74 Å². The molecule has 2 heteroatoms. The summed E-state index contributed by atoms with van der Waals surface area (Å²) in [6.45, 7) is 0. The van der Waals surface area contributed by atoms with E-state index in [1.807, 2.05) is 12.1 Å². The van der Waals surface area contributed by atoms with Gasteiger partial charge in [0.25, 0.3) is 0 Å². The van der Waals surface area contributed by atoms with Crippen molar-refractivity contribution in [3.05, 3.63) is 126 Å². The predicted molar refractivity (Wildman–Crippen MR) is 118 cm³/mol. The second-order valence-corrected chi connectivity index (χ2v) is 7.15. The molecule has 0 radical (unpaired) electrons. The number of ether oxygens (including phenoxy) is 1. The molecule has 144 valence electrons. The summed E-state index contributed by atoms with van der Waals surface area (Å²) < 4.78 is 5.89. The van der Waals surface area contributed by atoms with Crippen molar-refractivity contribution in [1.82, 2.24) is 0 Å². The van der Waals surface area contributed by atoms with Crippen molar-refractivity contribution in [3.8, 4) is 17.2 Å². The van der Waals surface area contributed by atoms with E-state index >= 15 is 0 Å². The van der Waals surface area contributed by atoms with Gasteiger partial charge in [-0.05, 0) is 65.9 Å². The quantitative estimate of drug-likeness (QED) is 0.376. The predicted octanol–water partition coefficient (Wildman–Crippen LogP) is 6.95. The summed E-state index contributed by atoms with van der Waals surface area (Å²) in [7, 11) is 0. The van der Waals surface area contributed by atoms with E-state index in [1.54, 1.807) is 24.3 Å². The van der Waals surface area contributed by atoms with Crippen LogP contribution in [0.5, 0.6) is 17.2 Å². The Labute approximate surface area is 172 Å². The van der Waals surface area contributed by atoms with E-state index in [4.69, 9.17) is 4.74 Å². The lowest BCUT2D eigenvalue weighted by atomic mass is 9.86. The van der Waals surface area contributed by atoms with Gasteiger partial charge < -0.3 is 9.84 Å². The van der Waals surface area contributed by atoms with E-state index in [0.717, 1.165) is 18.6 Å². The molecule has 1 unspecified atom stereocenters. The summed E-state index contributed by atoms with van der Waals surface area (Å²) in [6.07, 6.45) is 2.08. The first-order valence-electron chi connectivity index (χ1n) is 9.94. The van der Waals surface area contributed by atoms with Crippen LogP contribution in [0.15, 0.2) is 109 Å². The monoisotopic (exact) mass is 380 g/mol.